The number of nitrogens with zero attached hydrogens (tertiary/aromatic N) is 5. The average molecular weight is 577 g/mol. The molecule has 1 aromatic carbocycles. The van der Waals surface area contributed by atoms with Gasteiger partial charge in [-0.1, -0.05) is 40.5 Å². The molecule has 202 valence electrons. The van der Waals surface area contributed by atoms with Crippen LogP contribution in [0.15, 0.2) is 71.6 Å². The van der Waals surface area contributed by atoms with E-state index in [1.54, 1.807) is 12.3 Å². The first-order valence-corrected chi connectivity index (χ1v) is 12.7. The smallest absolute Gasteiger partial charge is 0.367 e. The number of piperazine rings is 1. The monoisotopic (exact) mass is 576 g/mol. The van der Waals surface area contributed by atoms with Gasteiger partial charge in [-0.3, -0.25) is 9.78 Å². The van der Waals surface area contributed by atoms with Crippen molar-refractivity contribution in [2.45, 2.75) is 11.0 Å². The summed E-state index contributed by atoms with van der Waals surface area (Å²) >= 11 is 11.2. The minimum atomic E-state index is -4.62. The summed E-state index contributed by atoms with van der Waals surface area (Å²) in [4.78, 5) is 22.9. The summed E-state index contributed by atoms with van der Waals surface area (Å²) in [5.41, 5.74) is 0.208. The first kappa shape index (κ1) is 26.8. The van der Waals surface area contributed by atoms with Gasteiger partial charge in [0.2, 0.25) is 0 Å². The molecule has 0 saturated carbocycles. The number of nitrogens with one attached hydrogen (secondary N) is 1. The summed E-state index contributed by atoms with van der Waals surface area (Å²) in [7, 11) is 0. The molecule has 0 aliphatic carbocycles. The Morgan fingerprint density at radius 1 is 1.00 bits per heavy atom. The van der Waals surface area contributed by atoms with Gasteiger partial charge in [-0.25, -0.2) is 4.98 Å². The van der Waals surface area contributed by atoms with Crippen molar-refractivity contribution in [2.75, 3.05) is 41.3 Å². The Balaban J connectivity index is 1.46. The Morgan fingerprint density at radius 3 is 2.46 bits per heavy atom. The van der Waals surface area contributed by atoms with Gasteiger partial charge in [0.15, 0.2) is 10.6 Å². The molecule has 5 rings (SSSR count). The number of anilines is 3. The molecule has 39 heavy (non-hydrogen) atoms. The van der Waals surface area contributed by atoms with Crippen LogP contribution in [0.1, 0.15) is 5.56 Å². The molecular formula is C26H21Cl2F3N6O2. The molecule has 0 atom stereocenters. The molecule has 4 heterocycles. The van der Waals surface area contributed by atoms with Crippen LogP contribution in [-0.2, 0) is 11.0 Å². The largest absolute Gasteiger partial charge is 0.417 e. The van der Waals surface area contributed by atoms with Crippen LogP contribution in [-0.4, -0.2) is 52.0 Å². The Hall–Kier alpha value is -3.83. The number of hydrogen-bond acceptors (Lipinski definition) is 7. The number of benzene rings is 1. The van der Waals surface area contributed by atoms with Crippen LogP contribution >= 0.6 is 23.2 Å². The highest BCUT2D eigenvalue weighted by Crippen LogP contribution is 2.43. The predicted octanol–water partition coefficient (Wildman–Crippen LogP) is 5.89. The number of aromatic nitrogens is 3. The number of carbonyl (C=O) groups excluding carboxylic acids is 1. The van der Waals surface area contributed by atoms with Gasteiger partial charge in [0.25, 0.3) is 5.91 Å². The quantitative estimate of drug-likeness (QED) is 0.286. The summed E-state index contributed by atoms with van der Waals surface area (Å²) in [6.45, 7) is 2.16. The van der Waals surface area contributed by atoms with E-state index in [-0.39, 0.29) is 22.7 Å². The highest BCUT2D eigenvalue weighted by molar-refractivity contribution is 6.54. The van der Waals surface area contributed by atoms with Crippen molar-refractivity contribution in [3.63, 3.8) is 0 Å². The van der Waals surface area contributed by atoms with Crippen molar-refractivity contribution in [3.8, 4) is 22.6 Å². The SMILES string of the molecule is O=C(Nc1cncc(-c2cc(-c3c(N4CCN(c5ccccn5)CC4)cccc3C(F)(F)F)no2)c1)C(Cl)Cl. The van der Waals surface area contributed by atoms with E-state index >= 15 is 0 Å². The number of halogens is 5. The normalized spacial score (nSPS) is 14.1. The second kappa shape index (κ2) is 11.1. The molecule has 1 aliphatic heterocycles. The van der Waals surface area contributed by atoms with Crippen molar-refractivity contribution < 1.29 is 22.5 Å². The molecule has 1 amide bonds. The van der Waals surface area contributed by atoms with Crippen LogP contribution in [0, 0.1) is 0 Å². The van der Waals surface area contributed by atoms with Crippen molar-refractivity contribution in [3.05, 3.63) is 72.7 Å². The average Bonchev–Trinajstić information content (AvgIpc) is 3.43. The number of amides is 1. The molecule has 0 spiro atoms. The maximum Gasteiger partial charge on any atom is 0.417 e. The lowest BCUT2D eigenvalue weighted by molar-refractivity contribution is -0.137. The third-order valence-electron chi connectivity index (χ3n) is 6.20. The van der Waals surface area contributed by atoms with Crippen molar-refractivity contribution in [2.24, 2.45) is 0 Å². The van der Waals surface area contributed by atoms with Gasteiger partial charge < -0.3 is 19.6 Å². The Bertz CT molecular complexity index is 1460. The molecule has 1 aliphatic rings. The number of alkyl halides is 5. The second-order valence-electron chi connectivity index (χ2n) is 8.69. The fourth-order valence-corrected chi connectivity index (χ4v) is 4.50. The Labute approximate surface area is 231 Å². The molecule has 0 radical (unpaired) electrons. The van der Waals surface area contributed by atoms with Crippen molar-refractivity contribution in [1.29, 1.82) is 0 Å². The minimum absolute atomic E-state index is 0.0242. The van der Waals surface area contributed by atoms with Crippen LogP contribution in [0.5, 0.6) is 0 Å². The molecule has 13 heteroatoms. The van der Waals surface area contributed by atoms with Crippen LogP contribution in [0.3, 0.4) is 0 Å². The van der Waals surface area contributed by atoms with Crippen LogP contribution < -0.4 is 15.1 Å². The molecule has 1 fully saturated rings. The Morgan fingerprint density at radius 2 is 1.77 bits per heavy atom. The maximum atomic E-state index is 14.2. The van der Waals surface area contributed by atoms with Gasteiger partial charge in [0.05, 0.1) is 17.4 Å². The van der Waals surface area contributed by atoms with Crippen molar-refractivity contribution >= 4 is 46.3 Å². The van der Waals surface area contributed by atoms with Crippen LogP contribution in [0.25, 0.3) is 22.6 Å². The topological polar surface area (TPSA) is 87.4 Å². The number of hydrogen-bond donors (Lipinski definition) is 1. The summed E-state index contributed by atoms with van der Waals surface area (Å²) < 4.78 is 47.9. The lowest BCUT2D eigenvalue weighted by atomic mass is 9.99. The van der Waals surface area contributed by atoms with E-state index in [0.717, 1.165) is 11.9 Å². The van der Waals surface area contributed by atoms with Gasteiger partial charge in [-0.05, 0) is 30.3 Å². The standard InChI is InChI=1S/C26H21Cl2F3N6O2/c27-24(28)25(38)34-17-12-16(14-32-15-17)21-13-19(35-39-21)23-18(26(29,30)31)4-3-5-20(23)36-8-10-37(11-9-36)22-6-1-2-7-33-22/h1-7,12-15,24H,8-11H2,(H,34,38). The summed E-state index contributed by atoms with van der Waals surface area (Å²) in [6.07, 6.45) is -0.102. The van der Waals surface area contributed by atoms with E-state index in [4.69, 9.17) is 27.7 Å². The number of carbonyl (C=O) groups is 1. The first-order valence-electron chi connectivity index (χ1n) is 11.8. The maximum absolute atomic E-state index is 14.2. The fraction of sp³-hybridized carbons (Fsp3) is 0.231. The van der Waals surface area contributed by atoms with E-state index in [0.29, 0.717) is 37.4 Å². The fourth-order valence-electron chi connectivity index (χ4n) is 4.40. The van der Waals surface area contributed by atoms with Gasteiger partial charge >= 0.3 is 6.18 Å². The third-order valence-corrected chi connectivity index (χ3v) is 6.59. The highest BCUT2D eigenvalue weighted by atomic mass is 35.5. The Kier molecular flexibility index (Phi) is 7.62. The van der Waals surface area contributed by atoms with Crippen LogP contribution in [0.4, 0.5) is 30.4 Å². The highest BCUT2D eigenvalue weighted by Gasteiger charge is 2.37. The minimum Gasteiger partial charge on any atom is -0.367 e. The number of rotatable bonds is 6. The van der Waals surface area contributed by atoms with E-state index in [1.807, 2.05) is 23.1 Å². The zero-order valence-electron chi connectivity index (χ0n) is 20.2. The second-order valence-corrected chi connectivity index (χ2v) is 9.78. The molecule has 1 N–H and O–H groups in total. The molecule has 3 aromatic heterocycles. The van der Waals surface area contributed by atoms with E-state index < -0.39 is 22.5 Å². The molecular weight excluding hydrogens is 556 g/mol. The van der Waals surface area contributed by atoms with Gasteiger partial charge in [-0.2, -0.15) is 13.2 Å². The molecule has 0 unspecified atom stereocenters. The van der Waals surface area contributed by atoms with Crippen LogP contribution in [0.2, 0.25) is 0 Å². The van der Waals surface area contributed by atoms with Crippen molar-refractivity contribution in [1.82, 2.24) is 15.1 Å². The van der Waals surface area contributed by atoms with Gasteiger partial charge in [-0.15, -0.1) is 0 Å². The number of pyridine rings is 2. The van der Waals surface area contributed by atoms with E-state index in [1.165, 1.54) is 30.6 Å². The predicted molar refractivity (Wildman–Crippen MR) is 143 cm³/mol. The summed E-state index contributed by atoms with van der Waals surface area (Å²) in [5.74, 6) is 0.342. The lowest BCUT2D eigenvalue weighted by Crippen LogP contribution is -2.47. The molecule has 8 nitrogen and oxygen atoms in total. The zero-order valence-corrected chi connectivity index (χ0v) is 21.7. The summed E-state index contributed by atoms with van der Waals surface area (Å²) in [5, 5.41) is 6.49. The van der Waals surface area contributed by atoms with E-state index in [9.17, 15) is 18.0 Å². The van der Waals surface area contributed by atoms with Gasteiger partial charge in [0, 0.05) is 61.5 Å². The summed E-state index contributed by atoms with van der Waals surface area (Å²) in [6, 6.07) is 12.7. The molecule has 4 aromatic rings. The van der Waals surface area contributed by atoms with Gasteiger partial charge in [0.1, 0.15) is 11.5 Å². The third kappa shape index (κ3) is 5.94. The first-order chi connectivity index (χ1) is 18.7. The van der Waals surface area contributed by atoms with E-state index in [2.05, 4.69) is 25.3 Å². The molecule has 0 bridgehead atoms. The molecule has 1 saturated heterocycles. The zero-order chi connectivity index (χ0) is 27.6. The lowest BCUT2D eigenvalue weighted by Gasteiger charge is -2.37.